The zero-order chi connectivity index (χ0) is 18.1. The number of carbonyl (C=O) groups is 1. The minimum Gasteiger partial charge on any atom is -0.349 e. The summed E-state index contributed by atoms with van der Waals surface area (Å²) in [6.45, 7) is 1.77. The summed E-state index contributed by atoms with van der Waals surface area (Å²) >= 11 is 1.26. The van der Waals surface area contributed by atoms with Crippen molar-refractivity contribution in [2.75, 3.05) is 17.3 Å². The Balaban J connectivity index is 1.61. The second-order valence-corrected chi connectivity index (χ2v) is 9.47. The molecule has 0 aromatic carbocycles. The minimum absolute atomic E-state index is 0.00738. The smallest absolute Gasteiger partial charge is 0.230 e. The Morgan fingerprint density at radius 3 is 2.72 bits per heavy atom. The van der Waals surface area contributed by atoms with Gasteiger partial charge in [-0.3, -0.25) is 9.78 Å². The van der Waals surface area contributed by atoms with Crippen LogP contribution in [0.1, 0.15) is 13.3 Å². The molecule has 1 aliphatic rings. The van der Waals surface area contributed by atoms with Crippen molar-refractivity contribution < 1.29 is 13.2 Å². The molecule has 25 heavy (non-hydrogen) atoms. The van der Waals surface area contributed by atoms with Gasteiger partial charge < -0.3 is 9.88 Å². The third kappa shape index (κ3) is 4.18. The van der Waals surface area contributed by atoms with Crippen LogP contribution in [0.15, 0.2) is 29.7 Å². The second kappa shape index (κ2) is 6.75. The fraction of sp³-hybridized carbons (Fsp3) is 0.467. The van der Waals surface area contributed by atoms with Crippen molar-refractivity contribution in [3.8, 4) is 11.4 Å². The minimum atomic E-state index is -3.05. The molecule has 1 aliphatic heterocycles. The summed E-state index contributed by atoms with van der Waals surface area (Å²) in [6, 6.07) is 3.68. The molecule has 1 atom stereocenters. The molecule has 3 heterocycles. The summed E-state index contributed by atoms with van der Waals surface area (Å²) in [5.41, 5.74) is 0.212. The highest BCUT2D eigenvalue weighted by Crippen LogP contribution is 2.24. The molecule has 0 radical (unpaired) electrons. The number of aromatic nitrogens is 4. The van der Waals surface area contributed by atoms with Crippen molar-refractivity contribution in [2.24, 2.45) is 7.05 Å². The van der Waals surface area contributed by atoms with Crippen LogP contribution < -0.4 is 5.32 Å². The number of amides is 1. The maximum atomic E-state index is 12.2. The summed E-state index contributed by atoms with van der Waals surface area (Å²) in [4.78, 5) is 16.2. The average molecular weight is 381 g/mol. The van der Waals surface area contributed by atoms with Crippen LogP contribution in [0.2, 0.25) is 0 Å². The van der Waals surface area contributed by atoms with E-state index in [1.165, 1.54) is 11.8 Å². The Morgan fingerprint density at radius 2 is 2.08 bits per heavy atom. The fourth-order valence-corrected chi connectivity index (χ4v) is 5.61. The van der Waals surface area contributed by atoms with Gasteiger partial charge in [-0.1, -0.05) is 11.8 Å². The van der Waals surface area contributed by atoms with Gasteiger partial charge in [0.15, 0.2) is 20.8 Å². The van der Waals surface area contributed by atoms with E-state index in [-0.39, 0.29) is 23.2 Å². The summed E-state index contributed by atoms with van der Waals surface area (Å²) in [6.07, 6.45) is 3.81. The first kappa shape index (κ1) is 17.9. The van der Waals surface area contributed by atoms with E-state index in [4.69, 9.17) is 0 Å². The average Bonchev–Trinajstić information content (AvgIpc) is 3.05. The van der Waals surface area contributed by atoms with E-state index in [0.717, 1.165) is 5.56 Å². The maximum Gasteiger partial charge on any atom is 0.230 e. The van der Waals surface area contributed by atoms with Crippen molar-refractivity contribution in [2.45, 2.75) is 24.0 Å². The number of nitrogens with one attached hydrogen (secondary N) is 1. The van der Waals surface area contributed by atoms with Gasteiger partial charge in [0.05, 0.1) is 22.8 Å². The molecule has 1 saturated heterocycles. The molecule has 2 aromatic heterocycles. The third-order valence-corrected chi connectivity index (χ3v) is 6.97. The van der Waals surface area contributed by atoms with Crippen molar-refractivity contribution in [1.29, 1.82) is 0 Å². The van der Waals surface area contributed by atoms with E-state index < -0.39 is 15.4 Å². The monoisotopic (exact) mass is 381 g/mol. The van der Waals surface area contributed by atoms with Crippen LogP contribution in [0.25, 0.3) is 11.4 Å². The van der Waals surface area contributed by atoms with Gasteiger partial charge in [0.2, 0.25) is 5.91 Å². The zero-order valence-electron chi connectivity index (χ0n) is 14.0. The molecule has 0 unspecified atom stereocenters. The lowest BCUT2D eigenvalue weighted by Crippen LogP contribution is -2.47. The van der Waals surface area contributed by atoms with E-state index in [1.54, 1.807) is 19.3 Å². The van der Waals surface area contributed by atoms with Gasteiger partial charge in [-0.15, -0.1) is 10.2 Å². The van der Waals surface area contributed by atoms with E-state index in [0.29, 0.717) is 17.4 Å². The van der Waals surface area contributed by atoms with Crippen LogP contribution in [0.5, 0.6) is 0 Å². The normalized spacial score (nSPS) is 22.0. The molecular formula is C15H19N5O3S2. The highest BCUT2D eigenvalue weighted by Gasteiger charge is 2.39. The molecule has 1 fully saturated rings. The van der Waals surface area contributed by atoms with Gasteiger partial charge >= 0.3 is 0 Å². The van der Waals surface area contributed by atoms with Crippen molar-refractivity contribution in [3.05, 3.63) is 24.5 Å². The molecule has 0 bridgehead atoms. The Bertz CT molecular complexity index is 882. The predicted octanol–water partition coefficient (Wildman–Crippen LogP) is 0.663. The number of hydrogen-bond acceptors (Lipinski definition) is 7. The molecule has 10 heteroatoms. The topological polar surface area (TPSA) is 107 Å². The van der Waals surface area contributed by atoms with Gasteiger partial charge in [0, 0.05) is 25.0 Å². The Kier molecular flexibility index (Phi) is 4.83. The van der Waals surface area contributed by atoms with Crippen molar-refractivity contribution >= 4 is 27.5 Å². The molecule has 0 aliphatic carbocycles. The molecule has 8 nitrogen and oxygen atoms in total. The van der Waals surface area contributed by atoms with Gasteiger partial charge in [0.25, 0.3) is 0 Å². The predicted molar refractivity (Wildman–Crippen MR) is 94.8 cm³/mol. The summed E-state index contributed by atoms with van der Waals surface area (Å²) in [5.74, 6) is 0.747. The number of carbonyl (C=O) groups excluding carboxylic acids is 1. The quantitative estimate of drug-likeness (QED) is 0.758. The molecule has 0 spiro atoms. The standard InChI is InChI=1S/C15H19N5O3S2/c1-15(5-8-25(22,23)10-15)17-12(21)9-24-14-19-18-13(20(14)2)11-3-6-16-7-4-11/h3-4,6-7H,5,8-10H2,1-2H3,(H,17,21)/t15-/m1/s1. The Labute approximate surface area is 150 Å². The molecule has 1 amide bonds. The Morgan fingerprint density at radius 1 is 1.36 bits per heavy atom. The molecule has 134 valence electrons. The fourth-order valence-electron chi connectivity index (χ4n) is 2.80. The highest BCUT2D eigenvalue weighted by molar-refractivity contribution is 7.99. The Hall–Kier alpha value is -1.94. The SMILES string of the molecule is Cn1c(SCC(=O)N[C@]2(C)CCS(=O)(=O)C2)nnc1-c1ccncc1. The number of hydrogen-bond donors (Lipinski definition) is 1. The lowest BCUT2D eigenvalue weighted by atomic mass is 10.0. The summed E-state index contributed by atoms with van der Waals surface area (Å²) in [7, 11) is -1.22. The summed E-state index contributed by atoms with van der Waals surface area (Å²) < 4.78 is 25.0. The molecular weight excluding hydrogens is 362 g/mol. The number of rotatable bonds is 5. The number of nitrogens with zero attached hydrogens (tertiary/aromatic N) is 4. The van der Waals surface area contributed by atoms with Gasteiger partial charge in [-0.2, -0.15) is 0 Å². The van der Waals surface area contributed by atoms with Gasteiger partial charge in [0.1, 0.15) is 0 Å². The number of thioether (sulfide) groups is 1. The van der Waals surface area contributed by atoms with E-state index in [1.807, 2.05) is 23.7 Å². The lowest BCUT2D eigenvalue weighted by Gasteiger charge is -2.23. The zero-order valence-corrected chi connectivity index (χ0v) is 15.6. The number of sulfone groups is 1. The highest BCUT2D eigenvalue weighted by atomic mass is 32.2. The van der Waals surface area contributed by atoms with E-state index >= 15 is 0 Å². The first-order chi connectivity index (χ1) is 11.8. The third-order valence-electron chi connectivity index (χ3n) is 4.05. The van der Waals surface area contributed by atoms with Crippen molar-refractivity contribution in [3.63, 3.8) is 0 Å². The van der Waals surface area contributed by atoms with Crippen molar-refractivity contribution in [1.82, 2.24) is 25.1 Å². The van der Waals surface area contributed by atoms with Crippen LogP contribution in [-0.2, 0) is 21.7 Å². The largest absolute Gasteiger partial charge is 0.349 e. The maximum absolute atomic E-state index is 12.2. The van der Waals surface area contributed by atoms with Crippen LogP contribution in [0, 0.1) is 0 Å². The van der Waals surface area contributed by atoms with Gasteiger partial charge in [-0.25, -0.2) is 8.42 Å². The molecule has 2 aromatic rings. The molecule has 1 N–H and O–H groups in total. The molecule has 0 saturated carbocycles. The van der Waals surface area contributed by atoms with Gasteiger partial charge in [-0.05, 0) is 25.5 Å². The van der Waals surface area contributed by atoms with Crippen LogP contribution in [0.3, 0.4) is 0 Å². The van der Waals surface area contributed by atoms with E-state index in [9.17, 15) is 13.2 Å². The van der Waals surface area contributed by atoms with Crippen LogP contribution in [0.4, 0.5) is 0 Å². The molecule has 3 rings (SSSR count). The summed E-state index contributed by atoms with van der Waals surface area (Å²) in [5, 5.41) is 11.7. The second-order valence-electron chi connectivity index (χ2n) is 6.34. The first-order valence-electron chi connectivity index (χ1n) is 7.72. The number of pyridine rings is 1. The first-order valence-corrected chi connectivity index (χ1v) is 10.5. The van der Waals surface area contributed by atoms with E-state index in [2.05, 4.69) is 20.5 Å². The van der Waals surface area contributed by atoms with Crippen LogP contribution >= 0.6 is 11.8 Å². The van der Waals surface area contributed by atoms with Crippen LogP contribution in [-0.4, -0.2) is 56.9 Å². The lowest BCUT2D eigenvalue weighted by molar-refractivity contribution is -0.120.